The molecule has 0 aliphatic carbocycles. The van der Waals surface area contributed by atoms with Crippen LogP contribution in [0.1, 0.15) is 30.3 Å². The van der Waals surface area contributed by atoms with Gasteiger partial charge in [-0.1, -0.05) is 13.0 Å². The van der Waals surface area contributed by atoms with Crippen molar-refractivity contribution in [3.8, 4) is 5.75 Å². The van der Waals surface area contributed by atoms with Crippen LogP contribution in [0.3, 0.4) is 0 Å². The number of benzene rings is 1. The minimum Gasteiger partial charge on any atom is -0.497 e. The Hall–Kier alpha value is -2.63. The number of hydrogen-bond acceptors (Lipinski definition) is 5. The van der Waals surface area contributed by atoms with Crippen LogP contribution in [0.4, 0.5) is 11.5 Å². The van der Waals surface area contributed by atoms with Crippen LogP contribution in [-0.2, 0) is 0 Å². The van der Waals surface area contributed by atoms with E-state index in [0.717, 1.165) is 25.3 Å². The van der Waals surface area contributed by atoms with Gasteiger partial charge in [-0.2, -0.15) is 0 Å². The molecule has 1 atom stereocenters. The van der Waals surface area contributed by atoms with E-state index in [4.69, 9.17) is 4.74 Å². The zero-order valence-corrected chi connectivity index (χ0v) is 14.0. The summed E-state index contributed by atoms with van der Waals surface area (Å²) < 4.78 is 5.17. The number of carbonyl (C=O) groups is 1. The molecule has 0 spiro atoms. The number of nitrogens with one attached hydrogen (secondary N) is 1. The van der Waals surface area contributed by atoms with E-state index >= 15 is 0 Å². The molecule has 6 nitrogen and oxygen atoms in total. The molecule has 3 rings (SSSR count). The van der Waals surface area contributed by atoms with Crippen LogP contribution >= 0.6 is 0 Å². The number of rotatable bonds is 4. The summed E-state index contributed by atoms with van der Waals surface area (Å²) >= 11 is 0. The number of carbonyl (C=O) groups excluding carboxylic acids is 1. The molecule has 1 aromatic carbocycles. The van der Waals surface area contributed by atoms with Gasteiger partial charge in [-0.05, 0) is 30.9 Å². The molecule has 1 amide bonds. The molecule has 6 heteroatoms. The van der Waals surface area contributed by atoms with Gasteiger partial charge in [0.15, 0.2) is 0 Å². The predicted octanol–water partition coefficient (Wildman–Crippen LogP) is 2.97. The van der Waals surface area contributed by atoms with E-state index in [0.29, 0.717) is 23.0 Å². The first-order valence-corrected chi connectivity index (χ1v) is 8.18. The summed E-state index contributed by atoms with van der Waals surface area (Å²) in [5.41, 5.74) is 1.03. The van der Waals surface area contributed by atoms with Crippen molar-refractivity contribution in [3.05, 3.63) is 42.4 Å². The molecule has 24 heavy (non-hydrogen) atoms. The predicted molar refractivity (Wildman–Crippen MR) is 93.6 cm³/mol. The van der Waals surface area contributed by atoms with Gasteiger partial charge >= 0.3 is 0 Å². The second-order valence-electron chi connectivity index (χ2n) is 6.14. The lowest BCUT2D eigenvalue weighted by molar-refractivity contribution is 0.102. The Morgan fingerprint density at radius 2 is 2.21 bits per heavy atom. The lowest BCUT2D eigenvalue weighted by Gasteiger charge is -2.31. The van der Waals surface area contributed by atoms with Gasteiger partial charge in [-0.15, -0.1) is 0 Å². The fraction of sp³-hybridized carbons (Fsp3) is 0.389. The number of ether oxygens (including phenoxy) is 1. The summed E-state index contributed by atoms with van der Waals surface area (Å²) in [7, 11) is 1.59. The molecular formula is C18H22N4O2. The van der Waals surface area contributed by atoms with E-state index in [2.05, 4.69) is 27.1 Å². The van der Waals surface area contributed by atoms with Crippen molar-refractivity contribution in [2.45, 2.75) is 19.8 Å². The van der Waals surface area contributed by atoms with E-state index in [1.54, 1.807) is 19.2 Å². The van der Waals surface area contributed by atoms with Crippen LogP contribution in [0.2, 0.25) is 0 Å². The van der Waals surface area contributed by atoms with Gasteiger partial charge < -0.3 is 15.0 Å². The number of methoxy groups -OCH3 is 1. The van der Waals surface area contributed by atoms with E-state index < -0.39 is 0 Å². The minimum atomic E-state index is -0.253. The molecule has 1 aliphatic heterocycles. The molecule has 1 fully saturated rings. The monoisotopic (exact) mass is 326 g/mol. The average molecular weight is 326 g/mol. The van der Waals surface area contributed by atoms with Crippen LogP contribution in [0.5, 0.6) is 5.75 Å². The summed E-state index contributed by atoms with van der Waals surface area (Å²) in [6.07, 6.45) is 3.84. The molecule has 2 heterocycles. The first-order valence-electron chi connectivity index (χ1n) is 8.18. The molecule has 0 saturated carbocycles. The van der Waals surface area contributed by atoms with Crippen molar-refractivity contribution in [1.29, 1.82) is 0 Å². The standard InChI is InChI=1S/C18H22N4O2/c1-13-5-4-8-22(11-13)17-10-16(19-12-20-17)18(23)21-14-6-3-7-15(9-14)24-2/h3,6-7,9-10,12-13H,4-5,8,11H2,1-2H3,(H,21,23). The fourth-order valence-electron chi connectivity index (χ4n) is 2.94. The molecule has 2 aromatic rings. The van der Waals surface area contributed by atoms with E-state index in [9.17, 15) is 4.79 Å². The first kappa shape index (κ1) is 16.2. The highest BCUT2D eigenvalue weighted by molar-refractivity contribution is 6.03. The highest BCUT2D eigenvalue weighted by Crippen LogP contribution is 2.22. The molecule has 1 saturated heterocycles. The van der Waals surface area contributed by atoms with E-state index in [1.807, 2.05) is 18.2 Å². The number of amides is 1. The van der Waals surface area contributed by atoms with Gasteiger partial charge in [0.1, 0.15) is 23.6 Å². The third kappa shape index (κ3) is 3.82. The van der Waals surface area contributed by atoms with Gasteiger partial charge in [0.05, 0.1) is 7.11 Å². The Morgan fingerprint density at radius 1 is 1.33 bits per heavy atom. The maximum atomic E-state index is 12.5. The van der Waals surface area contributed by atoms with E-state index in [1.165, 1.54) is 12.7 Å². The molecule has 1 unspecified atom stereocenters. The zero-order valence-electron chi connectivity index (χ0n) is 14.0. The third-order valence-electron chi connectivity index (χ3n) is 4.19. The Labute approximate surface area is 141 Å². The summed E-state index contributed by atoms with van der Waals surface area (Å²) in [5, 5.41) is 2.84. The van der Waals surface area contributed by atoms with Crippen LogP contribution in [0, 0.1) is 5.92 Å². The fourth-order valence-corrected chi connectivity index (χ4v) is 2.94. The Balaban J connectivity index is 1.74. The molecule has 0 radical (unpaired) electrons. The summed E-state index contributed by atoms with van der Waals surface area (Å²) in [6, 6.07) is 9.00. The number of hydrogen-bond donors (Lipinski definition) is 1. The molecule has 1 N–H and O–H groups in total. The number of nitrogens with zero attached hydrogens (tertiary/aromatic N) is 3. The molecule has 0 bridgehead atoms. The topological polar surface area (TPSA) is 67.3 Å². The van der Waals surface area contributed by atoms with Crippen LogP contribution in [-0.4, -0.2) is 36.1 Å². The lowest BCUT2D eigenvalue weighted by Crippen LogP contribution is -2.35. The normalized spacial score (nSPS) is 17.4. The van der Waals surface area contributed by atoms with Gasteiger partial charge in [-0.3, -0.25) is 4.79 Å². The minimum absolute atomic E-state index is 0.253. The second-order valence-corrected chi connectivity index (χ2v) is 6.14. The summed E-state index contributed by atoms with van der Waals surface area (Å²) in [4.78, 5) is 23.1. The quantitative estimate of drug-likeness (QED) is 0.935. The number of piperidine rings is 1. The smallest absolute Gasteiger partial charge is 0.274 e. The van der Waals surface area contributed by atoms with Crippen molar-refractivity contribution in [2.24, 2.45) is 5.92 Å². The molecule has 1 aliphatic rings. The van der Waals surface area contributed by atoms with Crippen molar-refractivity contribution in [2.75, 3.05) is 30.4 Å². The van der Waals surface area contributed by atoms with Crippen molar-refractivity contribution >= 4 is 17.4 Å². The SMILES string of the molecule is COc1cccc(NC(=O)c2cc(N3CCCC(C)C3)ncn2)c1. The highest BCUT2D eigenvalue weighted by Gasteiger charge is 2.19. The third-order valence-corrected chi connectivity index (χ3v) is 4.19. The largest absolute Gasteiger partial charge is 0.497 e. The zero-order chi connectivity index (χ0) is 16.9. The maximum Gasteiger partial charge on any atom is 0.274 e. The second kappa shape index (κ2) is 7.29. The first-order chi connectivity index (χ1) is 11.7. The molecule has 1 aromatic heterocycles. The maximum absolute atomic E-state index is 12.5. The van der Waals surface area contributed by atoms with Crippen molar-refractivity contribution in [3.63, 3.8) is 0 Å². The van der Waals surface area contributed by atoms with Gasteiger partial charge in [0.2, 0.25) is 0 Å². The average Bonchev–Trinajstić information content (AvgIpc) is 2.62. The number of aromatic nitrogens is 2. The summed E-state index contributed by atoms with van der Waals surface area (Å²) in [5.74, 6) is 1.89. The van der Waals surface area contributed by atoms with Gasteiger partial charge in [0, 0.05) is 30.9 Å². The summed E-state index contributed by atoms with van der Waals surface area (Å²) in [6.45, 7) is 4.18. The highest BCUT2D eigenvalue weighted by atomic mass is 16.5. The number of anilines is 2. The van der Waals surface area contributed by atoms with E-state index in [-0.39, 0.29) is 5.91 Å². The van der Waals surface area contributed by atoms with Crippen LogP contribution in [0.15, 0.2) is 36.7 Å². The van der Waals surface area contributed by atoms with Crippen LogP contribution < -0.4 is 15.0 Å². The Kier molecular flexibility index (Phi) is 4.93. The molecule has 126 valence electrons. The van der Waals surface area contributed by atoms with Crippen molar-refractivity contribution < 1.29 is 9.53 Å². The van der Waals surface area contributed by atoms with Crippen LogP contribution in [0.25, 0.3) is 0 Å². The van der Waals surface area contributed by atoms with Gasteiger partial charge in [0.25, 0.3) is 5.91 Å². The lowest BCUT2D eigenvalue weighted by atomic mass is 10.0. The van der Waals surface area contributed by atoms with Gasteiger partial charge in [-0.25, -0.2) is 9.97 Å². The Bertz CT molecular complexity index is 720. The van der Waals surface area contributed by atoms with Crippen molar-refractivity contribution in [1.82, 2.24) is 9.97 Å². The molecular weight excluding hydrogens is 304 g/mol. The Morgan fingerprint density at radius 3 is 3.00 bits per heavy atom.